The van der Waals surface area contributed by atoms with E-state index in [2.05, 4.69) is 51.0 Å². The predicted octanol–water partition coefficient (Wildman–Crippen LogP) is 3.81. The summed E-state index contributed by atoms with van der Waals surface area (Å²) in [6.07, 6.45) is 4.88. The van der Waals surface area contributed by atoms with E-state index in [9.17, 15) is 0 Å². The Labute approximate surface area is 112 Å². The van der Waals surface area contributed by atoms with Crippen LogP contribution < -0.4 is 5.32 Å². The minimum Gasteiger partial charge on any atom is -0.308 e. The molecular weight excluding hydrogens is 232 g/mol. The Kier molecular flexibility index (Phi) is 6.14. The van der Waals surface area contributed by atoms with Crippen molar-refractivity contribution in [1.82, 2.24) is 10.3 Å². The quantitative estimate of drug-likeness (QED) is 0.886. The highest BCUT2D eigenvalue weighted by Crippen LogP contribution is 2.26. The third kappa shape index (κ3) is 7.35. The monoisotopic (exact) mass is 256 g/mol. The van der Waals surface area contributed by atoms with Gasteiger partial charge < -0.3 is 5.32 Å². The molecule has 0 bridgehead atoms. The average molecular weight is 257 g/mol. The van der Waals surface area contributed by atoms with Crippen molar-refractivity contribution in [2.75, 3.05) is 0 Å². The zero-order valence-corrected chi connectivity index (χ0v) is 12.4. The first-order valence-electron chi connectivity index (χ1n) is 5.92. The van der Waals surface area contributed by atoms with E-state index >= 15 is 0 Å². The Morgan fingerprint density at radius 3 is 2.29 bits per heavy atom. The van der Waals surface area contributed by atoms with Crippen molar-refractivity contribution in [3.8, 4) is 0 Å². The Balaban J connectivity index is 0.00000256. The molecule has 0 aliphatic heterocycles. The summed E-state index contributed by atoms with van der Waals surface area (Å²) >= 11 is 0. The van der Waals surface area contributed by atoms with Gasteiger partial charge in [-0.2, -0.15) is 0 Å². The van der Waals surface area contributed by atoms with Gasteiger partial charge in [0, 0.05) is 24.5 Å². The molecule has 1 aromatic heterocycles. The van der Waals surface area contributed by atoms with Crippen LogP contribution in [0.5, 0.6) is 0 Å². The van der Waals surface area contributed by atoms with Crippen LogP contribution in [0.2, 0.25) is 0 Å². The molecule has 1 N–H and O–H groups in total. The molecule has 2 nitrogen and oxygen atoms in total. The number of aromatic nitrogens is 1. The Hall–Kier alpha value is -0.600. The van der Waals surface area contributed by atoms with Gasteiger partial charge in [-0.25, -0.2) is 0 Å². The molecule has 17 heavy (non-hydrogen) atoms. The summed E-state index contributed by atoms with van der Waals surface area (Å²) in [6, 6.07) is 4.08. The molecule has 98 valence electrons. The first-order valence-corrected chi connectivity index (χ1v) is 5.92. The molecular formula is C14H25ClN2. The summed E-state index contributed by atoms with van der Waals surface area (Å²) in [5.74, 6) is 0. The fourth-order valence-corrected chi connectivity index (χ4v) is 2.23. The maximum Gasteiger partial charge on any atom is 0.0312 e. The second-order valence-electron chi connectivity index (χ2n) is 6.34. The van der Waals surface area contributed by atoms with E-state index in [4.69, 9.17) is 0 Å². The van der Waals surface area contributed by atoms with Crippen molar-refractivity contribution in [3.05, 3.63) is 30.1 Å². The van der Waals surface area contributed by atoms with E-state index in [0.29, 0.717) is 5.41 Å². The number of nitrogens with zero attached hydrogens (tertiary/aromatic N) is 1. The highest BCUT2D eigenvalue weighted by Gasteiger charge is 2.24. The molecule has 0 aliphatic carbocycles. The SMILES string of the molecule is CC(C)(C)CC(C)(C)NCc1cccnc1.Cl. The Morgan fingerprint density at radius 1 is 1.18 bits per heavy atom. The molecule has 0 aliphatic rings. The van der Waals surface area contributed by atoms with Gasteiger partial charge in [0.15, 0.2) is 0 Å². The highest BCUT2D eigenvalue weighted by molar-refractivity contribution is 5.85. The molecule has 0 fully saturated rings. The molecule has 0 aromatic carbocycles. The van der Waals surface area contributed by atoms with Crippen LogP contribution in [0.4, 0.5) is 0 Å². The van der Waals surface area contributed by atoms with E-state index < -0.39 is 0 Å². The van der Waals surface area contributed by atoms with Crippen LogP contribution in [0, 0.1) is 5.41 Å². The first-order chi connectivity index (χ1) is 7.29. The third-order valence-corrected chi connectivity index (χ3v) is 2.47. The molecule has 3 heteroatoms. The normalized spacial score (nSPS) is 12.1. The molecule has 1 aromatic rings. The molecule has 0 saturated carbocycles. The van der Waals surface area contributed by atoms with E-state index in [-0.39, 0.29) is 17.9 Å². The van der Waals surface area contributed by atoms with Gasteiger partial charge in [-0.05, 0) is 37.3 Å². The van der Waals surface area contributed by atoms with E-state index in [1.807, 2.05) is 18.5 Å². The van der Waals surface area contributed by atoms with Gasteiger partial charge in [0.25, 0.3) is 0 Å². The highest BCUT2D eigenvalue weighted by atomic mass is 35.5. The molecule has 0 saturated heterocycles. The van der Waals surface area contributed by atoms with Crippen LogP contribution in [-0.4, -0.2) is 10.5 Å². The van der Waals surface area contributed by atoms with E-state index in [1.54, 1.807) is 0 Å². The number of nitrogens with one attached hydrogen (secondary N) is 1. The fraction of sp³-hybridized carbons (Fsp3) is 0.643. The molecule has 0 atom stereocenters. The standard InChI is InChI=1S/C14H24N2.ClH/c1-13(2,3)11-14(4,5)16-10-12-7-6-8-15-9-12;/h6-9,16H,10-11H2,1-5H3;1H. The topological polar surface area (TPSA) is 24.9 Å². The zero-order chi connectivity index (χ0) is 12.2. The van der Waals surface area contributed by atoms with Crippen LogP contribution in [0.1, 0.15) is 46.6 Å². The van der Waals surface area contributed by atoms with Gasteiger partial charge >= 0.3 is 0 Å². The minimum absolute atomic E-state index is 0. The maximum atomic E-state index is 4.12. The second kappa shape index (κ2) is 6.36. The van der Waals surface area contributed by atoms with Crippen molar-refractivity contribution in [2.24, 2.45) is 5.41 Å². The molecule has 1 rings (SSSR count). The summed E-state index contributed by atoms with van der Waals surface area (Å²) in [6.45, 7) is 12.2. The summed E-state index contributed by atoms with van der Waals surface area (Å²) < 4.78 is 0. The summed E-state index contributed by atoms with van der Waals surface area (Å²) in [5, 5.41) is 3.59. The molecule has 0 unspecified atom stereocenters. The van der Waals surface area contributed by atoms with Gasteiger partial charge in [0.1, 0.15) is 0 Å². The maximum absolute atomic E-state index is 4.12. The number of pyridine rings is 1. The predicted molar refractivity (Wildman–Crippen MR) is 76.5 cm³/mol. The zero-order valence-electron chi connectivity index (χ0n) is 11.6. The van der Waals surface area contributed by atoms with E-state index in [0.717, 1.165) is 13.0 Å². The summed E-state index contributed by atoms with van der Waals surface area (Å²) in [5.41, 5.74) is 1.75. The van der Waals surface area contributed by atoms with Crippen LogP contribution in [0.3, 0.4) is 0 Å². The van der Waals surface area contributed by atoms with Crippen LogP contribution in [0.15, 0.2) is 24.5 Å². The molecule has 0 radical (unpaired) electrons. The van der Waals surface area contributed by atoms with Gasteiger partial charge in [-0.1, -0.05) is 26.8 Å². The molecule has 1 heterocycles. The first kappa shape index (κ1) is 16.4. The lowest BCUT2D eigenvalue weighted by Gasteiger charge is -2.33. The third-order valence-electron chi connectivity index (χ3n) is 2.47. The van der Waals surface area contributed by atoms with Crippen molar-refractivity contribution in [2.45, 2.75) is 53.1 Å². The van der Waals surface area contributed by atoms with Crippen LogP contribution in [0.25, 0.3) is 0 Å². The lowest BCUT2D eigenvalue weighted by Crippen LogP contribution is -2.41. The second-order valence-corrected chi connectivity index (χ2v) is 6.34. The Bertz CT molecular complexity index is 315. The van der Waals surface area contributed by atoms with Crippen LogP contribution >= 0.6 is 12.4 Å². The van der Waals surface area contributed by atoms with Gasteiger partial charge in [0.2, 0.25) is 0 Å². The molecule has 0 amide bonds. The van der Waals surface area contributed by atoms with Gasteiger partial charge in [0.05, 0.1) is 0 Å². The average Bonchev–Trinajstić information content (AvgIpc) is 2.13. The van der Waals surface area contributed by atoms with Crippen LogP contribution in [-0.2, 0) is 6.54 Å². The Morgan fingerprint density at radius 2 is 1.82 bits per heavy atom. The number of halogens is 1. The fourth-order valence-electron chi connectivity index (χ4n) is 2.23. The lowest BCUT2D eigenvalue weighted by molar-refractivity contribution is 0.240. The van der Waals surface area contributed by atoms with Crippen molar-refractivity contribution in [1.29, 1.82) is 0 Å². The smallest absolute Gasteiger partial charge is 0.0312 e. The van der Waals surface area contributed by atoms with Crippen molar-refractivity contribution < 1.29 is 0 Å². The molecule has 0 spiro atoms. The van der Waals surface area contributed by atoms with E-state index in [1.165, 1.54) is 5.56 Å². The number of rotatable bonds is 4. The number of hydrogen-bond donors (Lipinski definition) is 1. The summed E-state index contributed by atoms with van der Waals surface area (Å²) in [7, 11) is 0. The lowest BCUT2D eigenvalue weighted by atomic mass is 9.82. The number of hydrogen-bond acceptors (Lipinski definition) is 2. The van der Waals surface area contributed by atoms with Crippen molar-refractivity contribution in [3.63, 3.8) is 0 Å². The van der Waals surface area contributed by atoms with Crippen molar-refractivity contribution >= 4 is 12.4 Å². The van der Waals surface area contributed by atoms with Gasteiger partial charge in [-0.15, -0.1) is 12.4 Å². The minimum atomic E-state index is 0. The largest absolute Gasteiger partial charge is 0.308 e. The van der Waals surface area contributed by atoms with Gasteiger partial charge in [-0.3, -0.25) is 4.98 Å². The summed E-state index contributed by atoms with van der Waals surface area (Å²) in [4.78, 5) is 4.12.